The van der Waals surface area contributed by atoms with E-state index in [1.165, 1.54) is 18.2 Å². The second-order valence-corrected chi connectivity index (χ2v) is 6.05. The summed E-state index contributed by atoms with van der Waals surface area (Å²) in [5, 5.41) is 3.39. The van der Waals surface area contributed by atoms with Crippen LogP contribution in [0.25, 0.3) is 0 Å². The first-order valence-electron chi connectivity index (χ1n) is 7.25. The lowest BCUT2D eigenvalue weighted by Gasteiger charge is -2.10. The lowest BCUT2D eigenvalue weighted by Crippen LogP contribution is -2.20. The molecular formula is C17H14Cl3NO4. The average Bonchev–Trinajstić information content (AvgIpc) is 2.58. The van der Waals surface area contributed by atoms with Crippen molar-refractivity contribution in [3.8, 4) is 5.75 Å². The zero-order chi connectivity index (χ0) is 18.4. The molecule has 0 unspecified atom stereocenters. The second-order valence-electron chi connectivity index (χ2n) is 4.83. The zero-order valence-corrected chi connectivity index (χ0v) is 15.4. The Morgan fingerprint density at radius 3 is 2.48 bits per heavy atom. The van der Waals surface area contributed by atoms with Gasteiger partial charge in [-0.1, -0.05) is 40.9 Å². The van der Waals surface area contributed by atoms with Crippen LogP contribution in [0.2, 0.25) is 15.1 Å². The van der Waals surface area contributed by atoms with Gasteiger partial charge >= 0.3 is 5.97 Å². The van der Waals surface area contributed by atoms with Gasteiger partial charge < -0.3 is 14.8 Å². The molecule has 0 aromatic heterocycles. The zero-order valence-electron chi connectivity index (χ0n) is 13.1. The SMILES string of the molecule is CCOC(=O)c1cccc(OCC(=O)Nc2cc(Cl)c(Cl)cc2Cl)c1. The number of benzene rings is 2. The molecule has 0 bridgehead atoms. The van der Waals surface area contributed by atoms with Gasteiger partial charge in [0.15, 0.2) is 6.61 Å². The highest BCUT2D eigenvalue weighted by Crippen LogP contribution is 2.32. The number of carbonyl (C=O) groups is 2. The number of carbonyl (C=O) groups excluding carboxylic acids is 2. The van der Waals surface area contributed by atoms with E-state index < -0.39 is 11.9 Å². The fraction of sp³-hybridized carbons (Fsp3) is 0.176. The van der Waals surface area contributed by atoms with Crippen molar-refractivity contribution in [2.75, 3.05) is 18.5 Å². The summed E-state index contributed by atoms with van der Waals surface area (Å²) in [5.74, 6) is -0.539. The molecular weight excluding hydrogens is 389 g/mol. The van der Waals surface area contributed by atoms with Crippen molar-refractivity contribution in [3.05, 3.63) is 57.0 Å². The smallest absolute Gasteiger partial charge is 0.338 e. The molecule has 0 saturated heterocycles. The Bertz CT molecular complexity index is 795. The van der Waals surface area contributed by atoms with Crippen molar-refractivity contribution in [2.45, 2.75) is 6.92 Å². The Balaban J connectivity index is 1.97. The minimum absolute atomic E-state index is 0.257. The van der Waals surface area contributed by atoms with Crippen molar-refractivity contribution in [2.24, 2.45) is 0 Å². The molecule has 0 heterocycles. The van der Waals surface area contributed by atoms with Crippen LogP contribution >= 0.6 is 34.8 Å². The van der Waals surface area contributed by atoms with E-state index in [2.05, 4.69) is 5.32 Å². The topological polar surface area (TPSA) is 64.6 Å². The standard InChI is InChI=1S/C17H14Cl3NO4/c1-2-24-17(23)10-4-3-5-11(6-10)25-9-16(22)21-15-8-13(19)12(18)7-14(15)20/h3-8H,2,9H2,1H3,(H,21,22). The molecule has 0 aliphatic rings. The van der Waals surface area contributed by atoms with Gasteiger partial charge in [0.1, 0.15) is 5.75 Å². The van der Waals surface area contributed by atoms with Crippen molar-refractivity contribution >= 4 is 52.4 Å². The Morgan fingerprint density at radius 2 is 1.76 bits per heavy atom. The number of amides is 1. The molecule has 2 aromatic carbocycles. The summed E-state index contributed by atoms with van der Waals surface area (Å²) in [4.78, 5) is 23.7. The Labute approximate surface area is 159 Å². The van der Waals surface area contributed by atoms with Gasteiger partial charge in [-0.2, -0.15) is 0 Å². The predicted molar refractivity (Wildman–Crippen MR) is 98.0 cm³/mol. The molecule has 8 heteroatoms. The first-order valence-corrected chi connectivity index (χ1v) is 8.38. The summed E-state index contributed by atoms with van der Waals surface area (Å²) in [6.07, 6.45) is 0. The van der Waals surface area contributed by atoms with Crippen LogP contribution in [0.5, 0.6) is 5.75 Å². The third-order valence-electron chi connectivity index (χ3n) is 3.00. The normalized spacial score (nSPS) is 10.2. The Kier molecular flexibility index (Phi) is 6.93. The lowest BCUT2D eigenvalue weighted by atomic mass is 10.2. The van der Waals surface area contributed by atoms with Gasteiger partial charge in [-0.15, -0.1) is 0 Å². The maximum Gasteiger partial charge on any atom is 0.338 e. The van der Waals surface area contributed by atoms with Gasteiger partial charge in [0.25, 0.3) is 5.91 Å². The third kappa shape index (κ3) is 5.53. The molecule has 0 saturated carbocycles. The number of ether oxygens (including phenoxy) is 2. The van der Waals surface area contributed by atoms with Crippen LogP contribution in [0, 0.1) is 0 Å². The lowest BCUT2D eigenvalue weighted by molar-refractivity contribution is -0.118. The van der Waals surface area contributed by atoms with Gasteiger partial charge in [-0.3, -0.25) is 4.79 Å². The van der Waals surface area contributed by atoms with Crippen LogP contribution in [0.4, 0.5) is 5.69 Å². The fourth-order valence-electron chi connectivity index (χ4n) is 1.88. The molecule has 0 spiro atoms. The van der Waals surface area contributed by atoms with E-state index in [1.807, 2.05) is 0 Å². The highest BCUT2D eigenvalue weighted by Gasteiger charge is 2.11. The van der Waals surface area contributed by atoms with E-state index in [0.717, 1.165) is 0 Å². The molecule has 132 valence electrons. The van der Waals surface area contributed by atoms with Crippen molar-refractivity contribution in [1.82, 2.24) is 0 Å². The van der Waals surface area contributed by atoms with Crippen molar-refractivity contribution in [1.29, 1.82) is 0 Å². The van der Waals surface area contributed by atoms with Gasteiger partial charge in [-0.05, 0) is 37.3 Å². The molecule has 0 radical (unpaired) electrons. The third-order valence-corrected chi connectivity index (χ3v) is 4.03. The molecule has 1 amide bonds. The largest absolute Gasteiger partial charge is 0.484 e. The molecule has 0 aliphatic carbocycles. The minimum atomic E-state index is -0.458. The molecule has 0 fully saturated rings. The number of halogens is 3. The molecule has 2 rings (SSSR count). The van der Waals surface area contributed by atoms with E-state index in [4.69, 9.17) is 44.3 Å². The number of hydrogen-bond acceptors (Lipinski definition) is 4. The predicted octanol–water partition coefficient (Wildman–Crippen LogP) is 4.84. The molecule has 0 atom stereocenters. The van der Waals surface area contributed by atoms with E-state index in [1.54, 1.807) is 25.1 Å². The van der Waals surface area contributed by atoms with Crippen LogP contribution < -0.4 is 10.1 Å². The average molecular weight is 403 g/mol. The second kappa shape index (κ2) is 8.94. The van der Waals surface area contributed by atoms with Gasteiger partial charge in [-0.25, -0.2) is 4.79 Å². The first kappa shape index (κ1) is 19.4. The summed E-state index contributed by atoms with van der Waals surface area (Å²) in [6, 6.07) is 9.24. The van der Waals surface area contributed by atoms with E-state index in [-0.39, 0.29) is 28.3 Å². The van der Waals surface area contributed by atoms with Crippen molar-refractivity contribution < 1.29 is 19.1 Å². The van der Waals surface area contributed by atoms with Crippen LogP contribution in [0.1, 0.15) is 17.3 Å². The number of rotatable bonds is 6. The first-order chi connectivity index (χ1) is 11.9. The molecule has 2 aromatic rings. The Morgan fingerprint density at radius 1 is 1.04 bits per heavy atom. The van der Waals surface area contributed by atoms with Crippen molar-refractivity contribution in [3.63, 3.8) is 0 Å². The minimum Gasteiger partial charge on any atom is -0.484 e. The highest BCUT2D eigenvalue weighted by atomic mass is 35.5. The van der Waals surface area contributed by atoms with E-state index in [0.29, 0.717) is 17.0 Å². The monoisotopic (exact) mass is 401 g/mol. The highest BCUT2D eigenvalue weighted by molar-refractivity contribution is 6.44. The summed E-state index contributed by atoms with van der Waals surface area (Å²) in [6.45, 7) is 1.72. The van der Waals surface area contributed by atoms with Crippen LogP contribution in [0.15, 0.2) is 36.4 Å². The summed E-state index contributed by atoms with van der Waals surface area (Å²) in [7, 11) is 0. The Hall–Kier alpha value is -1.95. The number of anilines is 1. The van der Waals surface area contributed by atoms with E-state index in [9.17, 15) is 9.59 Å². The maximum absolute atomic E-state index is 12.0. The van der Waals surface area contributed by atoms with E-state index >= 15 is 0 Å². The quantitative estimate of drug-likeness (QED) is 0.554. The fourth-order valence-corrected chi connectivity index (χ4v) is 2.47. The number of nitrogens with one attached hydrogen (secondary N) is 1. The van der Waals surface area contributed by atoms with Crippen LogP contribution in [-0.4, -0.2) is 25.1 Å². The molecule has 25 heavy (non-hydrogen) atoms. The van der Waals surface area contributed by atoms with Gasteiger partial charge in [0.05, 0.1) is 32.9 Å². The summed E-state index contributed by atoms with van der Waals surface area (Å²) >= 11 is 17.7. The molecule has 1 N–H and O–H groups in total. The number of esters is 1. The van der Waals surface area contributed by atoms with Crippen LogP contribution in [0.3, 0.4) is 0 Å². The molecule has 0 aliphatic heterocycles. The molecule has 5 nitrogen and oxygen atoms in total. The van der Waals surface area contributed by atoms with Gasteiger partial charge in [0, 0.05) is 0 Å². The summed E-state index contributed by atoms with van der Waals surface area (Å²) in [5.41, 5.74) is 0.664. The maximum atomic E-state index is 12.0. The van der Waals surface area contributed by atoms with Gasteiger partial charge in [0.2, 0.25) is 0 Å². The number of hydrogen-bond donors (Lipinski definition) is 1. The summed E-state index contributed by atoms with van der Waals surface area (Å²) < 4.78 is 10.3. The van der Waals surface area contributed by atoms with Crippen LogP contribution in [-0.2, 0) is 9.53 Å².